The van der Waals surface area contributed by atoms with E-state index >= 15 is 0 Å². The van der Waals surface area contributed by atoms with E-state index in [9.17, 15) is 45.6 Å². The molecular formula is C38H62N2O13. The first-order valence-corrected chi connectivity index (χ1v) is 19.3. The quantitative estimate of drug-likeness (QED) is 0.0720. The van der Waals surface area contributed by atoms with Gasteiger partial charge < -0.3 is 70.1 Å². The molecule has 2 aliphatic rings. The summed E-state index contributed by atoms with van der Waals surface area (Å²) in [6.45, 7) is 1.19. The van der Waals surface area contributed by atoms with E-state index in [1.54, 1.807) is 18.2 Å². The number of aromatic amines is 1. The van der Waals surface area contributed by atoms with E-state index in [4.69, 9.17) is 18.9 Å². The number of amides is 1. The van der Waals surface area contributed by atoms with Crippen molar-refractivity contribution < 1.29 is 64.6 Å². The first kappa shape index (κ1) is 43.3. The molecule has 2 saturated heterocycles. The third kappa shape index (κ3) is 13.1. The van der Waals surface area contributed by atoms with Gasteiger partial charge in [-0.05, 0) is 49.9 Å². The van der Waals surface area contributed by atoms with Gasteiger partial charge in [-0.25, -0.2) is 0 Å². The van der Waals surface area contributed by atoms with Crippen LogP contribution in [0.3, 0.4) is 0 Å². The Hall–Kier alpha value is -2.41. The number of benzene rings is 1. The van der Waals surface area contributed by atoms with Crippen molar-refractivity contribution in [3.8, 4) is 5.75 Å². The Bertz CT molecular complexity index is 1340. The molecule has 4 rings (SSSR count). The first-order valence-electron chi connectivity index (χ1n) is 19.3. The molecule has 1 unspecified atom stereocenters. The zero-order valence-corrected chi connectivity index (χ0v) is 30.8. The van der Waals surface area contributed by atoms with Gasteiger partial charge in [0.25, 0.3) is 0 Å². The maximum atomic E-state index is 12.5. The maximum Gasteiger partial charge on any atom is 0.229 e. The highest BCUT2D eigenvalue weighted by atomic mass is 16.7. The molecule has 2 fully saturated rings. The van der Waals surface area contributed by atoms with E-state index in [2.05, 4.69) is 10.3 Å². The summed E-state index contributed by atoms with van der Waals surface area (Å²) in [5.74, 6) is 0.339. The number of hydrogen-bond acceptors (Lipinski definition) is 13. The number of hydrogen-bond donors (Lipinski definition) is 10. The van der Waals surface area contributed by atoms with Crippen LogP contribution in [0.25, 0.3) is 10.9 Å². The first-order chi connectivity index (χ1) is 25.5. The summed E-state index contributed by atoms with van der Waals surface area (Å²) in [5, 5.41) is 84.6. The molecule has 0 saturated carbocycles. The number of aromatic nitrogens is 1. The van der Waals surface area contributed by atoms with Crippen LogP contribution in [-0.2, 0) is 25.4 Å². The zero-order valence-electron chi connectivity index (χ0n) is 30.8. The molecule has 302 valence electrons. The molecule has 15 heteroatoms. The highest BCUT2D eigenvalue weighted by Crippen LogP contribution is 2.29. The summed E-state index contributed by atoms with van der Waals surface area (Å²) in [7, 11) is 0. The van der Waals surface area contributed by atoms with Crippen LogP contribution in [0.15, 0.2) is 24.4 Å². The monoisotopic (exact) mass is 754 g/mol. The number of aliphatic hydroxyl groups is 8. The van der Waals surface area contributed by atoms with Crippen LogP contribution in [0.4, 0.5) is 0 Å². The SMILES string of the molecule is CC(O)CCCCCCCCCCCCCC(=O)NCCc1c[nH]c2ccc(O[C@H]3O[C@H](CO[C@H]4O[C@H](CO)[C@@H](O)[C@H](O)[C@H]4O)[C@@H](O)[C@H](O)[C@H]3O)cc12. The molecule has 0 aliphatic carbocycles. The Morgan fingerprint density at radius 3 is 2.02 bits per heavy atom. The van der Waals surface area contributed by atoms with Crippen molar-refractivity contribution in [2.75, 3.05) is 19.8 Å². The minimum atomic E-state index is -1.68. The van der Waals surface area contributed by atoms with Crippen molar-refractivity contribution in [2.24, 2.45) is 0 Å². The van der Waals surface area contributed by atoms with E-state index in [0.717, 1.165) is 48.6 Å². The highest BCUT2D eigenvalue weighted by Gasteiger charge is 2.48. The number of H-pyrrole nitrogens is 1. The smallest absolute Gasteiger partial charge is 0.229 e. The summed E-state index contributed by atoms with van der Waals surface area (Å²) in [6.07, 6.45) is 1.31. The Morgan fingerprint density at radius 1 is 0.792 bits per heavy atom. The van der Waals surface area contributed by atoms with Gasteiger partial charge in [-0.1, -0.05) is 64.2 Å². The van der Waals surface area contributed by atoms with E-state index in [0.29, 0.717) is 25.1 Å². The largest absolute Gasteiger partial charge is 0.462 e. The van der Waals surface area contributed by atoms with Gasteiger partial charge in [-0.15, -0.1) is 0 Å². The Kier molecular flexibility index (Phi) is 18.2. The van der Waals surface area contributed by atoms with Crippen LogP contribution < -0.4 is 10.1 Å². The summed E-state index contributed by atoms with van der Waals surface area (Å²) in [5.41, 5.74) is 1.77. The van der Waals surface area contributed by atoms with Crippen LogP contribution in [-0.4, -0.2) is 139 Å². The van der Waals surface area contributed by atoms with Crippen LogP contribution in [0.5, 0.6) is 5.75 Å². The molecule has 0 radical (unpaired) electrons. The lowest BCUT2D eigenvalue weighted by Crippen LogP contribution is -2.62. The minimum absolute atomic E-state index is 0.0266. The molecule has 2 aliphatic heterocycles. The molecule has 10 N–H and O–H groups in total. The molecule has 2 aromatic rings. The third-order valence-corrected chi connectivity index (χ3v) is 10.2. The summed E-state index contributed by atoms with van der Waals surface area (Å²) in [4.78, 5) is 15.7. The van der Waals surface area contributed by atoms with Crippen molar-refractivity contribution in [2.45, 2.75) is 164 Å². The van der Waals surface area contributed by atoms with Crippen molar-refractivity contribution >= 4 is 16.8 Å². The van der Waals surface area contributed by atoms with Gasteiger partial charge in [0, 0.05) is 30.1 Å². The van der Waals surface area contributed by atoms with Crippen LogP contribution in [0.1, 0.15) is 96.0 Å². The van der Waals surface area contributed by atoms with Crippen molar-refractivity contribution in [1.29, 1.82) is 0 Å². The van der Waals surface area contributed by atoms with Gasteiger partial charge in [-0.3, -0.25) is 4.79 Å². The van der Waals surface area contributed by atoms with E-state index < -0.39 is 74.6 Å². The summed E-state index contributed by atoms with van der Waals surface area (Å²) >= 11 is 0. The Morgan fingerprint density at radius 2 is 1.38 bits per heavy atom. The van der Waals surface area contributed by atoms with E-state index in [1.807, 2.05) is 13.1 Å². The van der Waals surface area contributed by atoms with Crippen LogP contribution >= 0.6 is 0 Å². The number of nitrogens with one attached hydrogen (secondary N) is 2. The molecule has 11 atom stereocenters. The number of carbonyl (C=O) groups excluding carboxylic acids is 1. The normalized spacial score (nSPS) is 29.7. The fraction of sp³-hybridized carbons (Fsp3) is 0.763. The molecule has 53 heavy (non-hydrogen) atoms. The molecule has 1 aromatic carbocycles. The molecule has 3 heterocycles. The lowest BCUT2D eigenvalue weighted by atomic mass is 9.98. The molecule has 0 spiro atoms. The average molecular weight is 755 g/mol. The second-order valence-electron chi connectivity index (χ2n) is 14.6. The second-order valence-corrected chi connectivity index (χ2v) is 14.6. The minimum Gasteiger partial charge on any atom is -0.462 e. The average Bonchev–Trinajstić information content (AvgIpc) is 3.54. The van der Waals surface area contributed by atoms with Gasteiger partial charge in [0.05, 0.1) is 19.3 Å². The molecule has 1 aromatic heterocycles. The molecular weight excluding hydrogens is 692 g/mol. The highest BCUT2D eigenvalue weighted by molar-refractivity contribution is 5.84. The number of ether oxygens (including phenoxy) is 4. The molecule has 1 amide bonds. The van der Waals surface area contributed by atoms with Gasteiger partial charge in [0.15, 0.2) is 6.29 Å². The lowest BCUT2D eigenvalue weighted by Gasteiger charge is -2.42. The van der Waals surface area contributed by atoms with Gasteiger partial charge in [0.2, 0.25) is 12.2 Å². The van der Waals surface area contributed by atoms with Crippen molar-refractivity contribution in [1.82, 2.24) is 10.3 Å². The van der Waals surface area contributed by atoms with Gasteiger partial charge in [-0.2, -0.15) is 0 Å². The van der Waals surface area contributed by atoms with Crippen molar-refractivity contribution in [3.05, 3.63) is 30.0 Å². The number of carbonyl (C=O) groups is 1. The zero-order chi connectivity index (χ0) is 38.3. The number of fused-ring (bicyclic) bond motifs is 1. The molecule has 15 nitrogen and oxygen atoms in total. The molecule has 0 bridgehead atoms. The van der Waals surface area contributed by atoms with Crippen molar-refractivity contribution in [3.63, 3.8) is 0 Å². The van der Waals surface area contributed by atoms with Gasteiger partial charge >= 0.3 is 0 Å². The fourth-order valence-corrected chi connectivity index (χ4v) is 6.86. The number of aliphatic hydroxyl groups excluding tert-OH is 8. The topological polar surface area (TPSA) is 244 Å². The summed E-state index contributed by atoms with van der Waals surface area (Å²) in [6, 6.07) is 5.18. The van der Waals surface area contributed by atoms with E-state index in [1.165, 1.54) is 44.9 Å². The Labute approximate surface area is 311 Å². The second kappa shape index (κ2) is 22.2. The van der Waals surface area contributed by atoms with E-state index in [-0.39, 0.29) is 12.0 Å². The fourth-order valence-electron chi connectivity index (χ4n) is 6.86. The third-order valence-electron chi connectivity index (χ3n) is 10.2. The number of unbranched alkanes of at least 4 members (excludes halogenated alkanes) is 10. The number of rotatable bonds is 23. The lowest BCUT2D eigenvalue weighted by molar-refractivity contribution is -0.323. The predicted octanol–water partition coefficient (Wildman–Crippen LogP) is 1.28. The Balaban J connectivity index is 1.16. The van der Waals surface area contributed by atoms with Crippen LogP contribution in [0, 0.1) is 0 Å². The summed E-state index contributed by atoms with van der Waals surface area (Å²) < 4.78 is 22.5. The maximum absolute atomic E-state index is 12.5. The standard InChI is InChI=1S/C38H62N2O13/c1-23(42)13-11-9-7-5-3-2-4-6-8-10-12-14-30(43)39-18-17-24-20-40-27-16-15-25(19-26(24)27)51-38-36(49)34(47)32(45)29(53-38)22-50-37-35(48)33(46)31(44)28(21-41)52-37/h15-16,19-20,23,28-29,31-38,40-42,44-49H,2-14,17-18,21-22H2,1H3,(H,39,43)/t23?,28-,29-,31-,32-,33+,34+,35-,36-,37+,38+/m1/s1. The van der Waals surface area contributed by atoms with Crippen LogP contribution in [0.2, 0.25) is 0 Å². The van der Waals surface area contributed by atoms with Gasteiger partial charge in [0.1, 0.15) is 54.6 Å². The predicted molar refractivity (Wildman–Crippen MR) is 194 cm³/mol.